The second kappa shape index (κ2) is 11.3. The number of hydrogen-bond acceptors (Lipinski definition) is 4. The summed E-state index contributed by atoms with van der Waals surface area (Å²) >= 11 is 8.49. The van der Waals surface area contributed by atoms with Crippen molar-refractivity contribution in [2.24, 2.45) is 5.92 Å². The maximum atomic E-state index is 13.7. The third-order valence-electron chi connectivity index (χ3n) is 6.90. The summed E-state index contributed by atoms with van der Waals surface area (Å²) in [5.41, 5.74) is 1.85. The van der Waals surface area contributed by atoms with Gasteiger partial charge < -0.3 is 15.4 Å². The van der Waals surface area contributed by atoms with Crippen molar-refractivity contribution < 1.29 is 19.1 Å². The van der Waals surface area contributed by atoms with Gasteiger partial charge in [-0.05, 0) is 82.8 Å². The second-order valence-electron chi connectivity index (χ2n) is 9.67. The van der Waals surface area contributed by atoms with Crippen LogP contribution in [0.3, 0.4) is 0 Å². The van der Waals surface area contributed by atoms with Gasteiger partial charge in [-0.1, -0.05) is 61.0 Å². The lowest BCUT2D eigenvalue weighted by Crippen LogP contribution is -2.50. The maximum Gasteiger partial charge on any atom is 0.325 e. The van der Waals surface area contributed by atoms with E-state index in [0.29, 0.717) is 28.8 Å². The van der Waals surface area contributed by atoms with Crippen LogP contribution in [0, 0.1) is 9.49 Å². The molecule has 0 radical (unpaired) electrons. The lowest BCUT2D eigenvalue weighted by atomic mass is 9.91. The first-order chi connectivity index (χ1) is 18.3. The van der Waals surface area contributed by atoms with Crippen LogP contribution in [0.25, 0.3) is 0 Å². The molecule has 0 spiro atoms. The number of hydrogen-bond donors (Lipinski definition) is 2. The molecule has 1 unspecified atom stereocenters. The number of carbonyl (C=O) groups is 3. The summed E-state index contributed by atoms with van der Waals surface area (Å²) in [6.45, 7) is 2.51. The van der Waals surface area contributed by atoms with Gasteiger partial charge in [-0.2, -0.15) is 0 Å². The zero-order chi connectivity index (χ0) is 26.8. The van der Waals surface area contributed by atoms with Gasteiger partial charge in [0.1, 0.15) is 17.8 Å². The number of imide groups is 1. The normalized spacial score (nSPS) is 18.6. The Kier molecular flexibility index (Phi) is 7.90. The number of urea groups is 1. The van der Waals surface area contributed by atoms with Crippen molar-refractivity contribution in [2.45, 2.75) is 37.8 Å². The fraction of sp³-hybridized carbons (Fsp3) is 0.276. The number of ether oxygens (including phenoxy) is 1. The van der Waals surface area contributed by atoms with Crippen LogP contribution < -0.4 is 15.4 Å². The summed E-state index contributed by atoms with van der Waals surface area (Å²) in [6.07, 6.45) is 2.39. The Morgan fingerprint density at radius 1 is 1.11 bits per heavy atom. The van der Waals surface area contributed by atoms with Crippen molar-refractivity contribution in [3.05, 3.63) is 92.5 Å². The van der Waals surface area contributed by atoms with Gasteiger partial charge in [0.05, 0.1) is 17.3 Å². The minimum atomic E-state index is -1.11. The third-order valence-corrected chi connectivity index (χ3v) is 7.89. The molecule has 2 N–H and O–H groups in total. The molecule has 3 atom stereocenters. The van der Waals surface area contributed by atoms with Crippen LogP contribution in [0.15, 0.2) is 72.8 Å². The Hall–Kier alpha value is -3.11. The van der Waals surface area contributed by atoms with Gasteiger partial charge in [0.15, 0.2) is 0 Å². The van der Waals surface area contributed by atoms with E-state index in [0.717, 1.165) is 19.8 Å². The Morgan fingerprint density at radius 3 is 2.47 bits per heavy atom. The second-order valence-corrected chi connectivity index (χ2v) is 11.3. The highest BCUT2D eigenvalue weighted by Crippen LogP contribution is 2.33. The van der Waals surface area contributed by atoms with Crippen LogP contribution >= 0.6 is 34.2 Å². The van der Waals surface area contributed by atoms with Crippen LogP contribution in [0.1, 0.15) is 42.9 Å². The SMILES string of the molecule is C[C@@H](c1ccccc1)[C@@H](C(=O)Nc1ccc(I)cc1Cl)N1C(=O)NC(c2ccc(OCC3CC3)cc2)C1=O. The molecule has 2 aliphatic rings. The Balaban J connectivity index is 1.41. The summed E-state index contributed by atoms with van der Waals surface area (Å²) in [5.74, 6) is -0.122. The summed E-state index contributed by atoms with van der Waals surface area (Å²) < 4.78 is 6.71. The topological polar surface area (TPSA) is 87.7 Å². The van der Waals surface area contributed by atoms with Crippen LogP contribution in [0.4, 0.5) is 10.5 Å². The first kappa shape index (κ1) is 26.5. The van der Waals surface area contributed by atoms with Crippen molar-refractivity contribution in [2.75, 3.05) is 11.9 Å². The molecule has 38 heavy (non-hydrogen) atoms. The highest BCUT2D eigenvalue weighted by Gasteiger charge is 2.47. The monoisotopic (exact) mass is 643 g/mol. The van der Waals surface area contributed by atoms with E-state index in [1.165, 1.54) is 12.8 Å². The summed E-state index contributed by atoms with van der Waals surface area (Å²) in [5, 5.41) is 5.97. The van der Waals surface area contributed by atoms with Crippen molar-refractivity contribution in [3.8, 4) is 5.75 Å². The van der Waals surface area contributed by atoms with Crippen LogP contribution in [0.5, 0.6) is 5.75 Å². The van der Waals surface area contributed by atoms with E-state index in [2.05, 4.69) is 33.2 Å². The number of halogens is 2. The van der Waals surface area contributed by atoms with E-state index >= 15 is 0 Å². The third kappa shape index (κ3) is 5.81. The Labute approximate surface area is 240 Å². The van der Waals surface area contributed by atoms with E-state index in [-0.39, 0.29) is 0 Å². The summed E-state index contributed by atoms with van der Waals surface area (Å²) in [4.78, 5) is 41.6. The lowest BCUT2D eigenvalue weighted by molar-refractivity contribution is -0.134. The van der Waals surface area contributed by atoms with Crippen molar-refractivity contribution in [1.29, 1.82) is 0 Å². The van der Waals surface area contributed by atoms with Crippen molar-refractivity contribution >= 4 is 57.7 Å². The molecule has 5 rings (SSSR count). The smallest absolute Gasteiger partial charge is 0.325 e. The number of amides is 4. The largest absolute Gasteiger partial charge is 0.493 e. The Morgan fingerprint density at radius 2 is 1.82 bits per heavy atom. The minimum Gasteiger partial charge on any atom is -0.493 e. The molecule has 1 saturated carbocycles. The summed E-state index contributed by atoms with van der Waals surface area (Å²) in [7, 11) is 0. The molecular formula is C29H27ClIN3O4. The first-order valence-corrected chi connectivity index (χ1v) is 13.9. The average Bonchev–Trinajstić information content (AvgIpc) is 3.70. The molecule has 2 fully saturated rings. The molecule has 1 aliphatic heterocycles. The predicted octanol–water partition coefficient (Wildman–Crippen LogP) is 6.14. The molecule has 3 aromatic carbocycles. The summed E-state index contributed by atoms with van der Waals surface area (Å²) in [6, 6.07) is 19.1. The number of anilines is 1. The Bertz CT molecular complexity index is 1350. The zero-order valence-electron chi connectivity index (χ0n) is 20.7. The lowest BCUT2D eigenvalue weighted by Gasteiger charge is -2.30. The fourth-order valence-corrected chi connectivity index (χ4v) is 5.45. The molecule has 0 bridgehead atoms. The zero-order valence-corrected chi connectivity index (χ0v) is 23.6. The molecule has 1 saturated heterocycles. The van der Waals surface area contributed by atoms with Gasteiger partial charge in [0, 0.05) is 9.49 Å². The van der Waals surface area contributed by atoms with Gasteiger partial charge in [0.25, 0.3) is 5.91 Å². The molecule has 9 heteroatoms. The molecule has 196 valence electrons. The maximum absolute atomic E-state index is 13.7. The molecule has 0 aromatic heterocycles. The number of carbonyl (C=O) groups excluding carboxylic acids is 3. The highest BCUT2D eigenvalue weighted by atomic mass is 127. The number of nitrogens with one attached hydrogen (secondary N) is 2. The van der Waals surface area contributed by atoms with Gasteiger partial charge in [-0.25, -0.2) is 9.69 Å². The number of nitrogens with zero attached hydrogens (tertiary/aromatic N) is 1. The average molecular weight is 644 g/mol. The van der Waals surface area contributed by atoms with E-state index in [9.17, 15) is 14.4 Å². The first-order valence-electron chi connectivity index (χ1n) is 12.5. The quantitative estimate of drug-likeness (QED) is 0.217. The van der Waals surface area contributed by atoms with Gasteiger partial charge in [-0.3, -0.25) is 9.59 Å². The van der Waals surface area contributed by atoms with Gasteiger partial charge >= 0.3 is 6.03 Å². The number of benzene rings is 3. The molecule has 4 amide bonds. The molecule has 3 aromatic rings. The van der Waals surface area contributed by atoms with Crippen LogP contribution in [-0.4, -0.2) is 35.4 Å². The van der Waals surface area contributed by atoms with E-state index < -0.39 is 35.8 Å². The predicted molar refractivity (Wildman–Crippen MR) is 154 cm³/mol. The molecule has 1 heterocycles. The van der Waals surface area contributed by atoms with E-state index in [1.54, 1.807) is 36.4 Å². The molecule has 1 aliphatic carbocycles. The number of rotatable bonds is 9. The van der Waals surface area contributed by atoms with Gasteiger partial charge in [-0.15, -0.1) is 0 Å². The minimum absolute atomic E-state index is 0.371. The van der Waals surface area contributed by atoms with E-state index in [1.807, 2.05) is 43.3 Å². The van der Waals surface area contributed by atoms with Crippen LogP contribution in [0.2, 0.25) is 5.02 Å². The molecular weight excluding hydrogens is 617 g/mol. The van der Waals surface area contributed by atoms with Gasteiger partial charge in [0.2, 0.25) is 5.91 Å². The van der Waals surface area contributed by atoms with Crippen molar-refractivity contribution in [3.63, 3.8) is 0 Å². The fourth-order valence-electron chi connectivity index (χ4n) is 4.54. The standard InChI is InChI=1S/C29H27ClIN3O4/c1-17(19-5-3-2-4-6-19)26(27(35)32-24-14-11-21(31)15-23(24)30)34-28(36)25(33-29(34)37)20-9-12-22(13-10-20)38-16-18-7-8-18/h2-6,9-15,17-18,25-26H,7-8,16H2,1H3,(H,32,35)(H,33,37)/t17-,25?,26-/m0/s1. The van der Waals surface area contributed by atoms with Crippen molar-refractivity contribution in [1.82, 2.24) is 10.2 Å². The van der Waals surface area contributed by atoms with Crippen LogP contribution in [-0.2, 0) is 9.59 Å². The van der Waals surface area contributed by atoms with E-state index in [4.69, 9.17) is 16.3 Å². The highest BCUT2D eigenvalue weighted by molar-refractivity contribution is 14.1. The molecule has 7 nitrogen and oxygen atoms in total.